The van der Waals surface area contributed by atoms with Crippen molar-refractivity contribution in [1.29, 1.82) is 0 Å². The average molecular weight is 607 g/mol. The summed E-state index contributed by atoms with van der Waals surface area (Å²) in [4.78, 5) is 24.6. The SMILES string of the molecule is CCC(Oc1ccc(C(C)(C)CC)cc1C(C)(C)CC)C(=O)Nc1cc(Cl)c(NC(=O)C(F)(F)C(F)(F)F)cc1O. The van der Waals surface area contributed by atoms with Gasteiger partial charge in [0, 0.05) is 11.6 Å². The van der Waals surface area contributed by atoms with Crippen LogP contribution in [0.25, 0.3) is 0 Å². The van der Waals surface area contributed by atoms with E-state index in [0.717, 1.165) is 30.0 Å². The molecule has 0 aromatic heterocycles. The Morgan fingerprint density at radius 3 is 2.00 bits per heavy atom. The zero-order valence-electron chi connectivity index (χ0n) is 24.0. The van der Waals surface area contributed by atoms with E-state index in [1.165, 1.54) is 5.32 Å². The van der Waals surface area contributed by atoms with E-state index in [-0.39, 0.29) is 22.9 Å². The van der Waals surface area contributed by atoms with Gasteiger partial charge in [0.05, 0.1) is 16.4 Å². The molecule has 0 aliphatic heterocycles. The zero-order chi connectivity index (χ0) is 31.6. The number of hydrogen-bond acceptors (Lipinski definition) is 4. The molecule has 0 saturated heterocycles. The van der Waals surface area contributed by atoms with E-state index >= 15 is 0 Å². The number of benzene rings is 2. The van der Waals surface area contributed by atoms with Crippen LogP contribution in [0.1, 0.15) is 78.9 Å². The van der Waals surface area contributed by atoms with Crippen LogP contribution in [0, 0.1) is 0 Å². The number of halogens is 6. The smallest absolute Gasteiger partial charge is 0.463 e. The topological polar surface area (TPSA) is 87.7 Å². The predicted molar refractivity (Wildman–Crippen MR) is 149 cm³/mol. The van der Waals surface area contributed by atoms with Gasteiger partial charge < -0.3 is 20.5 Å². The molecule has 3 N–H and O–H groups in total. The number of carbonyl (C=O) groups is 2. The van der Waals surface area contributed by atoms with Crippen LogP contribution in [-0.4, -0.2) is 35.1 Å². The number of rotatable bonds is 11. The zero-order valence-corrected chi connectivity index (χ0v) is 24.8. The van der Waals surface area contributed by atoms with Gasteiger partial charge in [0.25, 0.3) is 5.91 Å². The summed E-state index contributed by atoms with van der Waals surface area (Å²) in [5.41, 5.74) is 0.716. The Morgan fingerprint density at radius 1 is 0.902 bits per heavy atom. The van der Waals surface area contributed by atoms with Crippen molar-refractivity contribution < 1.29 is 41.4 Å². The van der Waals surface area contributed by atoms with Crippen LogP contribution in [-0.2, 0) is 20.4 Å². The van der Waals surface area contributed by atoms with Gasteiger partial charge in [0.2, 0.25) is 0 Å². The molecule has 2 aromatic rings. The molecule has 0 saturated carbocycles. The van der Waals surface area contributed by atoms with Gasteiger partial charge in [0.1, 0.15) is 11.5 Å². The highest BCUT2D eigenvalue weighted by Crippen LogP contribution is 2.41. The van der Waals surface area contributed by atoms with Crippen LogP contribution in [0.5, 0.6) is 11.5 Å². The van der Waals surface area contributed by atoms with Crippen molar-refractivity contribution in [3.05, 3.63) is 46.5 Å². The van der Waals surface area contributed by atoms with E-state index in [4.69, 9.17) is 16.3 Å². The number of nitrogens with one attached hydrogen (secondary N) is 2. The van der Waals surface area contributed by atoms with Crippen LogP contribution < -0.4 is 15.4 Å². The number of phenols is 1. The highest BCUT2D eigenvalue weighted by atomic mass is 35.5. The number of alkyl halides is 5. The Hall–Kier alpha value is -3.08. The lowest BCUT2D eigenvalue weighted by Crippen LogP contribution is -2.47. The van der Waals surface area contributed by atoms with Crippen molar-refractivity contribution in [2.75, 3.05) is 10.6 Å². The summed E-state index contributed by atoms with van der Waals surface area (Å²) < 4.78 is 70.2. The van der Waals surface area contributed by atoms with E-state index in [1.54, 1.807) is 6.92 Å². The summed E-state index contributed by atoms with van der Waals surface area (Å²) >= 11 is 5.95. The lowest BCUT2D eigenvalue weighted by Gasteiger charge is -2.31. The first-order valence-corrected chi connectivity index (χ1v) is 13.5. The average Bonchev–Trinajstić information content (AvgIpc) is 2.89. The highest BCUT2D eigenvalue weighted by molar-refractivity contribution is 6.34. The normalized spacial score (nSPS) is 13.5. The van der Waals surface area contributed by atoms with Gasteiger partial charge in [-0.15, -0.1) is 0 Å². The molecular weight excluding hydrogens is 571 g/mol. The van der Waals surface area contributed by atoms with Gasteiger partial charge in [0.15, 0.2) is 6.10 Å². The van der Waals surface area contributed by atoms with Crippen molar-refractivity contribution in [1.82, 2.24) is 0 Å². The summed E-state index contributed by atoms with van der Waals surface area (Å²) in [6.07, 6.45) is -5.21. The van der Waals surface area contributed by atoms with Crippen molar-refractivity contribution in [2.24, 2.45) is 0 Å². The Labute approximate surface area is 241 Å². The minimum Gasteiger partial charge on any atom is -0.506 e. The molecule has 2 aromatic carbocycles. The fourth-order valence-corrected chi connectivity index (χ4v) is 3.96. The second-order valence-electron chi connectivity index (χ2n) is 11.1. The third-order valence-corrected chi connectivity index (χ3v) is 7.74. The van der Waals surface area contributed by atoms with Crippen LogP contribution in [0.2, 0.25) is 5.02 Å². The minimum atomic E-state index is -6.13. The maximum absolute atomic E-state index is 13.3. The fourth-order valence-electron chi connectivity index (χ4n) is 3.75. The van der Waals surface area contributed by atoms with Gasteiger partial charge in [-0.1, -0.05) is 72.2 Å². The van der Waals surface area contributed by atoms with E-state index < -0.39 is 46.5 Å². The Balaban J connectivity index is 2.33. The number of hydrogen-bond donors (Lipinski definition) is 3. The van der Waals surface area contributed by atoms with Gasteiger partial charge >= 0.3 is 18.0 Å². The van der Waals surface area contributed by atoms with Crippen molar-refractivity contribution in [3.8, 4) is 11.5 Å². The lowest BCUT2D eigenvalue weighted by molar-refractivity contribution is -0.267. The molecule has 2 rings (SSSR count). The third kappa shape index (κ3) is 7.61. The van der Waals surface area contributed by atoms with E-state index in [0.29, 0.717) is 11.8 Å². The molecule has 0 aliphatic rings. The third-order valence-electron chi connectivity index (χ3n) is 7.42. The summed E-state index contributed by atoms with van der Waals surface area (Å²) in [6.45, 7) is 14.3. The molecule has 41 heavy (non-hydrogen) atoms. The molecule has 1 atom stereocenters. The Kier molecular flexibility index (Phi) is 10.3. The quantitative estimate of drug-likeness (QED) is 0.177. The van der Waals surface area contributed by atoms with Gasteiger partial charge in [-0.05, 0) is 47.8 Å². The highest BCUT2D eigenvalue weighted by Gasteiger charge is 2.63. The molecule has 228 valence electrons. The molecule has 6 nitrogen and oxygen atoms in total. The van der Waals surface area contributed by atoms with Gasteiger partial charge in [-0.2, -0.15) is 22.0 Å². The number of aromatic hydroxyl groups is 1. The standard InChI is InChI=1S/C29H36ClF5N2O4/c1-8-22(41-23-12-11-16(26(4,5)9-2)13-17(23)27(6,7)10-3)24(39)36-20-14-18(30)19(15-21(20)38)37-25(40)28(31,32)29(33,34)35/h11-15,22,38H,8-10H2,1-7H3,(H,36,39)(H,37,40). The lowest BCUT2D eigenvalue weighted by atomic mass is 9.76. The maximum atomic E-state index is 13.3. The van der Waals surface area contributed by atoms with Crippen molar-refractivity contribution in [3.63, 3.8) is 0 Å². The van der Waals surface area contributed by atoms with Crippen molar-refractivity contribution >= 4 is 34.8 Å². The first kappa shape index (κ1) is 34.1. The molecule has 0 fully saturated rings. The van der Waals surface area contributed by atoms with Crippen LogP contribution in [0.4, 0.5) is 33.3 Å². The number of amides is 2. The number of phenolic OH excluding ortho intramolecular Hbond substituents is 1. The minimum absolute atomic E-state index is 0.0797. The van der Waals surface area contributed by atoms with Gasteiger partial charge in [-0.3, -0.25) is 9.59 Å². The molecule has 0 aliphatic carbocycles. The molecule has 0 radical (unpaired) electrons. The van der Waals surface area contributed by atoms with Crippen LogP contribution in [0.3, 0.4) is 0 Å². The summed E-state index contributed by atoms with van der Waals surface area (Å²) in [5.74, 6) is -9.26. The number of carbonyl (C=O) groups excluding carboxylic acids is 2. The van der Waals surface area contributed by atoms with E-state index in [9.17, 15) is 36.6 Å². The van der Waals surface area contributed by atoms with E-state index in [1.807, 2.05) is 19.1 Å². The number of ether oxygens (including phenoxy) is 1. The predicted octanol–water partition coefficient (Wildman–Crippen LogP) is 8.35. The Morgan fingerprint density at radius 2 is 1.49 bits per heavy atom. The molecular formula is C29H36ClF5N2O4. The van der Waals surface area contributed by atoms with Crippen molar-refractivity contribution in [2.45, 2.75) is 96.8 Å². The van der Waals surface area contributed by atoms with E-state index in [2.05, 4.69) is 46.0 Å². The van der Waals surface area contributed by atoms with Gasteiger partial charge in [-0.25, -0.2) is 0 Å². The fraction of sp³-hybridized carbons (Fsp3) is 0.517. The summed E-state index contributed by atoms with van der Waals surface area (Å²) in [7, 11) is 0. The van der Waals surface area contributed by atoms with Crippen LogP contribution in [0.15, 0.2) is 30.3 Å². The molecule has 0 spiro atoms. The largest absolute Gasteiger partial charge is 0.506 e. The van der Waals surface area contributed by atoms with Crippen LogP contribution >= 0.6 is 11.6 Å². The first-order chi connectivity index (χ1) is 18.7. The second-order valence-corrected chi connectivity index (χ2v) is 11.5. The maximum Gasteiger partial charge on any atom is 0.463 e. The second kappa shape index (κ2) is 12.4. The first-order valence-electron chi connectivity index (χ1n) is 13.1. The summed E-state index contributed by atoms with van der Waals surface area (Å²) in [5, 5.41) is 13.6. The Bertz CT molecular complexity index is 1280. The molecule has 0 heterocycles. The summed E-state index contributed by atoms with van der Waals surface area (Å²) in [6, 6.07) is 7.45. The molecule has 2 amide bonds. The molecule has 12 heteroatoms. The number of anilines is 2. The monoisotopic (exact) mass is 606 g/mol. The molecule has 0 bridgehead atoms. The molecule has 1 unspecified atom stereocenters.